The predicted molar refractivity (Wildman–Crippen MR) is 158 cm³/mol. The number of unbranched alkanes of at least 4 members (excludes halogenated alkanes) is 2. The summed E-state index contributed by atoms with van der Waals surface area (Å²) in [6.07, 6.45) is 6.60. The van der Waals surface area contributed by atoms with E-state index in [1.54, 1.807) is 19.7 Å². The summed E-state index contributed by atoms with van der Waals surface area (Å²) in [6.45, 7) is 20.2. The summed E-state index contributed by atoms with van der Waals surface area (Å²) in [4.78, 5) is 0.402. The second-order valence-electron chi connectivity index (χ2n) is 7.40. The van der Waals surface area contributed by atoms with Crippen LogP contribution < -0.4 is 0 Å². The molecular weight excluding hydrogens is 545 g/mol. The van der Waals surface area contributed by atoms with Gasteiger partial charge in [-0.05, 0) is 74.0 Å². The Hall–Kier alpha value is 1.59. The van der Waals surface area contributed by atoms with Gasteiger partial charge in [-0.3, -0.25) is 0 Å². The highest BCUT2D eigenvalue weighted by atomic mass is 33.7. The molecule has 0 aliphatic heterocycles. The van der Waals surface area contributed by atoms with Gasteiger partial charge in [0.2, 0.25) is 0 Å². The Morgan fingerprint density at radius 3 is 0.941 bits per heavy atom. The van der Waals surface area contributed by atoms with Gasteiger partial charge in [0.1, 0.15) is 0 Å². The summed E-state index contributed by atoms with van der Waals surface area (Å²) < 4.78 is 37.5. The van der Waals surface area contributed by atoms with E-state index < -0.39 is 17.6 Å². The smallest absolute Gasteiger partial charge is 0.373 e. The minimum absolute atomic E-state index is 0.201. The van der Waals surface area contributed by atoms with Crippen molar-refractivity contribution in [3.63, 3.8) is 0 Å². The van der Waals surface area contributed by atoms with Gasteiger partial charge in [-0.15, -0.1) is 0 Å². The maximum Gasteiger partial charge on any atom is 0.515 e. The molecule has 34 heavy (non-hydrogen) atoms. The molecule has 0 amide bonds. The Labute approximate surface area is 227 Å². The fourth-order valence-corrected chi connectivity index (χ4v) is 21.2. The zero-order valence-corrected chi connectivity index (χ0v) is 28.0. The highest BCUT2D eigenvalue weighted by molar-refractivity contribution is 9.26. The van der Waals surface area contributed by atoms with E-state index in [0.29, 0.717) is 39.6 Å². The van der Waals surface area contributed by atoms with Crippen LogP contribution in [0.2, 0.25) is 0 Å². The largest absolute Gasteiger partial charge is 0.515 e. The molecule has 0 aromatic rings. The quantitative estimate of drug-likeness (QED) is 0.0591. The molecule has 12 heteroatoms. The second-order valence-corrected chi connectivity index (χ2v) is 20.0. The first-order chi connectivity index (χ1) is 16.5. The van der Waals surface area contributed by atoms with Crippen molar-refractivity contribution in [3.05, 3.63) is 0 Å². The van der Waals surface area contributed by atoms with E-state index in [4.69, 9.17) is 26.6 Å². The zero-order chi connectivity index (χ0) is 25.7. The summed E-state index contributed by atoms with van der Waals surface area (Å²) in [6, 6.07) is 0. The van der Waals surface area contributed by atoms with E-state index >= 15 is 0 Å². The third kappa shape index (κ3) is 12.9. The fraction of sp³-hybridized carbons (Fsp3) is 1.00. The van der Waals surface area contributed by atoms with Crippen LogP contribution in [0.1, 0.15) is 93.9 Å². The molecule has 0 aliphatic carbocycles. The van der Waals surface area contributed by atoms with Gasteiger partial charge in [-0.1, -0.05) is 61.1 Å². The van der Waals surface area contributed by atoms with Crippen LogP contribution in [0.4, 0.5) is 0 Å². The SMILES string of the molecule is CCCCC(SSSSC(CCCC)[Si](OCC)(OCC)OCC)[Si](OCC)(OCC)OCC. The van der Waals surface area contributed by atoms with Crippen molar-refractivity contribution in [3.8, 4) is 0 Å². The molecule has 206 valence electrons. The topological polar surface area (TPSA) is 55.4 Å². The summed E-state index contributed by atoms with van der Waals surface area (Å²) in [5.41, 5.74) is 0. The monoisotopic (exact) mass is 594 g/mol. The van der Waals surface area contributed by atoms with Crippen molar-refractivity contribution >= 4 is 58.8 Å². The average molecular weight is 595 g/mol. The molecule has 0 bridgehead atoms. The molecule has 0 heterocycles. The summed E-state index contributed by atoms with van der Waals surface area (Å²) in [5, 5.41) is 0. The lowest BCUT2D eigenvalue weighted by molar-refractivity contribution is 0.0680. The van der Waals surface area contributed by atoms with Gasteiger partial charge < -0.3 is 26.6 Å². The highest BCUT2D eigenvalue weighted by Crippen LogP contribution is 2.51. The van der Waals surface area contributed by atoms with Gasteiger partial charge in [0.05, 0.1) is 9.75 Å². The molecule has 0 saturated carbocycles. The first kappa shape index (κ1) is 35.6. The third-order valence-electron chi connectivity index (χ3n) is 4.84. The molecule has 6 nitrogen and oxygen atoms in total. The molecule has 2 unspecified atom stereocenters. The molecule has 0 saturated heterocycles. The Kier molecular flexibility index (Phi) is 23.6. The Bertz CT molecular complexity index is 397. The third-order valence-corrected chi connectivity index (χ3v) is 21.2. The van der Waals surface area contributed by atoms with Gasteiger partial charge in [0.25, 0.3) is 0 Å². The maximum absolute atomic E-state index is 6.24. The standard InChI is InChI=1S/C22H50O6S4Si2/c1-9-17-19-21(33(23-11-3,24-12-4)25-13-5)29-31-32-30-22(20-18-10-2)34(26-14-6,27-15-7)28-16-8/h21-22H,9-20H2,1-8H3. The minimum Gasteiger partial charge on any atom is -0.373 e. The second kappa shape index (κ2) is 22.6. The summed E-state index contributed by atoms with van der Waals surface area (Å²) >= 11 is 0. The Balaban J connectivity index is 5.45. The summed E-state index contributed by atoms with van der Waals surface area (Å²) in [7, 11) is 1.71. The molecule has 0 aliphatic rings. The van der Waals surface area contributed by atoms with Crippen LogP contribution in [-0.4, -0.2) is 67.0 Å². The van der Waals surface area contributed by atoms with Crippen molar-refractivity contribution in [1.82, 2.24) is 0 Å². The van der Waals surface area contributed by atoms with Crippen molar-refractivity contribution in [2.45, 2.75) is 104 Å². The normalized spacial score (nSPS) is 14.5. The number of hydrogen-bond donors (Lipinski definition) is 0. The van der Waals surface area contributed by atoms with Crippen LogP contribution in [0.15, 0.2) is 0 Å². The van der Waals surface area contributed by atoms with E-state index in [1.807, 2.05) is 63.1 Å². The molecule has 0 aromatic heterocycles. The molecule has 0 aromatic carbocycles. The van der Waals surface area contributed by atoms with Crippen LogP contribution in [0.25, 0.3) is 0 Å². The molecule has 0 rings (SSSR count). The van der Waals surface area contributed by atoms with Crippen molar-refractivity contribution < 1.29 is 26.6 Å². The van der Waals surface area contributed by atoms with E-state index in [1.165, 1.54) is 0 Å². The zero-order valence-electron chi connectivity index (χ0n) is 22.7. The molecule has 0 spiro atoms. The van der Waals surface area contributed by atoms with Gasteiger partial charge >= 0.3 is 17.6 Å². The molecule has 0 radical (unpaired) electrons. The lowest BCUT2D eigenvalue weighted by atomic mass is 10.3. The Morgan fingerprint density at radius 2 is 0.735 bits per heavy atom. The highest BCUT2D eigenvalue weighted by Gasteiger charge is 2.51. The van der Waals surface area contributed by atoms with Crippen LogP contribution in [0.3, 0.4) is 0 Å². The average Bonchev–Trinajstić information content (AvgIpc) is 2.81. The van der Waals surface area contributed by atoms with Gasteiger partial charge in [-0.25, -0.2) is 0 Å². The van der Waals surface area contributed by atoms with E-state index in [-0.39, 0.29) is 9.75 Å². The molecule has 0 fully saturated rings. The molecular formula is C22H50O6S4Si2. The van der Waals surface area contributed by atoms with Gasteiger partial charge in [0, 0.05) is 39.6 Å². The van der Waals surface area contributed by atoms with Gasteiger partial charge in [-0.2, -0.15) is 0 Å². The van der Waals surface area contributed by atoms with Crippen LogP contribution in [-0.2, 0) is 26.6 Å². The lowest BCUT2D eigenvalue weighted by Gasteiger charge is -2.35. The van der Waals surface area contributed by atoms with E-state index in [9.17, 15) is 0 Å². The summed E-state index contributed by atoms with van der Waals surface area (Å²) in [5.74, 6) is 0. The first-order valence-electron chi connectivity index (χ1n) is 13.0. The predicted octanol–water partition coefficient (Wildman–Crippen LogP) is 7.96. The van der Waals surface area contributed by atoms with Crippen LogP contribution in [0.5, 0.6) is 0 Å². The van der Waals surface area contributed by atoms with Crippen LogP contribution in [0, 0.1) is 0 Å². The van der Waals surface area contributed by atoms with Crippen molar-refractivity contribution in [2.24, 2.45) is 0 Å². The first-order valence-corrected chi connectivity index (χ1v) is 21.5. The lowest BCUT2D eigenvalue weighted by Crippen LogP contribution is -2.55. The fourth-order valence-electron chi connectivity index (χ4n) is 3.49. The Morgan fingerprint density at radius 1 is 0.471 bits per heavy atom. The van der Waals surface area contributed by atoms with Crippen LogP contribution >= 0.6 is 41.2 Å². The maximum atomic E-state index is 6.24. The van der Waals surface area contributed by atoms with Gasteiger partial charge in [0.15, 0.2) is 0 Å². The molecule has 0 N–H and O–H groups in total. The molecule has 2 atom stereocenters. The number of hydrogen-bond acceptors (Lipinski definition) is 10. The van der Waals surface area contributed by atoms with Crippen molar-refractivity contribution in [1.29, 1.82) is 0 Å². The van der Waals surface area contributed by atoms with Crippen molar-refractivity contribution in [2.75, 3.05) is 39.6 Å². The van der Waals surface area contributed by atoms with E-state index in [0.717, 1.165) is 38.5 Å². The minimum atomic E-state index is -2.78. The number of rotatable bonds is 25. The van der Waals surface area contributed by atoms with E-state index in [2.05, 4.69) is 13.8 Å².